The summed E-state index contributed by atoms with van der Waals surface area (Å²) in [6.45, 7) is 2.84. The summed E-state index contributed by atoms with van der Waals surface area (Å²) < 4.78 is 11.1. The summed E-state index contributed by atoms with van der Waals surface area (Å²) in [5.41, 5.74) is 1.93. The average Bonchev–Trinajstić information content (AvgIpc) is 2.38. The van der Waals surface area contributed by atoms with E-state index in [1.807, 2.05) is 6.07 Å². The van der Waals surface area contributed by atoms with E-state index in [-0.39, 0.29) is 0 Å². The lowest BCUT2D eigenvalue weighted by Gasteiger charge is -2.21. The van der Waals surface area contributed by atoms with Crippen molar-refractivity contribution in [1.82, 2.24) is 0 Å². The highest BCUT2D eigenvalue weighted by Gasteiger charge is 2.20. The van der Waals surface area contributed by atoms with Gasteiger partial charge in [0.05, 0.1) is 18.7 Å². The van der Waals surface area contributed by atoms with Crippen LogP contribution in [0.25, 0.3) is 0 Å². The first kappa shape index (κ1) is 13.1. The van der Waals surface area contributed by atoms with Crippen molar-refractivity contribution >= 4 is 11.6 Å². The molecule has 0 amide bonds. The van der Waals surface area contributed by atoms with Gasteiger partial charge in [-0.05, 0) is 30.9 Å². The molecule has 2 nitrogen and oxygen atoms in total. The minimum atomic E-state index is 0.613. The molecule has 0 fully saturated rings. The topological polar surface area (TPSA) is 18.5 Å². The molecule has 0 spiro atoms. The van der Waals surface area contributed by atoms with E-state index in [9.17, 15) is 0 Å². The van der Waals surface area contributed by atoms with Crippen molar-refractivity contribution in [3.8, 4) is 23.3 Å². The van der Waals surface area contributed by atoms with Crippen molar-refractivity contribution in [3.63, 3.8) is 0 Å². The molecule has 0 saturated carbocycles. The normalized spacial score (nSPS) is 13.1. The Bertz CT molecular complexity index is 497. The molecule has 0 aromatic heterocycles. The van der Waals surface area contributed by atoms with E-state index < -0.39 is 0 Å². The van der Waals surface area contributed by atoms with E-state index in [1.165, 1.54) is 0 Å². The van der Waals surface area contributed by atoms with Crippen LogP contribution in [0.15, 0.2) is 6.07 Å². The maximum Gasteiger partial charge on any atom is 0.156 e. The zero-order valence-corrected chi connectivity index (χ0v) is 11.6. The molecule has 0 N–H and O–H groups in total. The molecule has 1 aromatic rings. The highest BCUT2D eigenvalue weighted by Crippen LogP contribution is 2.40. The van der Waals surface area contributed by atoms with E-state index in [2.05, 4.69) is 18.8 Å². The Balaban J connectivity index is 2.52. The maximum absolute atomic E-state index is 6.23. The molecule has 0 bridgehead atoms. The van der Waals surface area contributed by atoms with Crippen molar-refractivity contribution in [1.29, 1.82) is 0 Å². The van der Waals surface area contributed by atoms with Crippen LogP contribution in [0.4, 0.5) is 0 Å². The number of hydrogen-bond acceptors (Lipinski definition) is 2. The second kappa shape index (κ2) is 6.02. The molecule has 18 heavy (non-hydrogen) atoms. The maximum atomic E-state index is 6.23. The van der Waals surface area contributed by atoms with Gasteiger partial charge in [0.25, 0.3) is 0 Å². The Kier molecular flexibility index (Phi) is 4.38. The monoisotopic (exact) mass is 264 g/mol. The number of ether oxygens (including phenoxy) is 2. The molecule has 1 aliphatic heterocycles. The lowest BCUT2D eigenvalue weighted by molar-refractivity contribution is 0.285. The van der Waals surface area contributed by atoms with E-state index in [4.69, 9.17) is 21.1 Å². The van der Waals surface area contributed by atoms with Crippen LogP contribution in [0.3, 0.4) is 0 Å². The van der Waals surface area contributed by atoms with Gasteiger partial charge in [-0.1, -0.05) is 30.4 Å². The second-order valence-electron chi connectivity index (χ2n) is 4.26. The minimum Gasteiger partial charge on any atom is -0.494 e. The lowest BCUT2D eigenvalue weighted by atomic mass is 10.0. The standard InChI is InChI=1S/C15H17ClO2/c1-3-4-5-8-12-14-11(7-6-9-18-14)10-13(16)15(12)17-2/h10H,3-4,6-7,9H2,1-2H3. The summed E-state index contributed by atoms with van der Waals surface area (Å²) in [7, 11) is 1.61. The minimum absolute atomic E-state index is 0.613. The zero-order chi connectivity index (χ0) is 13.0. The van der Waals surface area contributed by atoms with Crippen molar-refractivity contribution in [3.05, 3.63) is 22.2 Å². The third-order valence-corrected chi connectivity index (χ3v) is 3.17. The van der Waals surface area contributed by atoms with E-state index in [0.29, 0.717) is 10.8 Å². The van der Waals surface area contributed by atoms with Crippen LogP contribution in [-0.2, 0) is 6.42 Å². The van der Waals surface area contributed by atoms with Crippen LogP contribution in [0.1, 0.15) is 37.3 Å². The van der Waals surface area contributed by atoms with Crippen molar-refractivity contribution in [2.24, 2.45) is 0 Å². The Labute approximate surface area is 113 Å². The van der Waals surface area contributed by atoms with E-state index >= 15 is 0 Å². The molecule has 0 atom stereocenters. The molecule has 0 saturated heterocycles. The van der Waals surface area contributed by atoms with Gasteiger partial charge in [-0.2, -0.15) is 0 Å². The van der Waals surface area contributed by atoms with Crippen LogP contribution in [0.5, 0.6) is 11.5 Å². The Morgan fingerprint density at radius 3 is 3.06 bits per heavy atom. The zero-order valence-electron chi connectivity index (χ0n) is 10.8. The van der Waals surface area contributed by atoms with Crippen molar-refractivity contribution in [2.75, 3.05) is 13.7 Å². The van der Waals surface area contributed by atoms with Crippen LogP contribution in [0.2, 0.25) is 5.02 Å². The fraction of sp³-hybridized carbons (Fsp3) is 0.467. The van der Waals surface area contributed by atoms with Gasteiger partial charge in [0.1, 0.15) is 11.3 Å². The van der Waals surface area contributed by atoms with Gasteiger partial charge in [-0.15, -0.1) is 0 Å². The fourth-order valence-corrected chi connectivity index (χ4v) is 2.35. The first-order valence-corrected chi connectivity index (χ1v) is 6.66. The first-order chi connectivity index (χ1) is 8.77. The molecule has 1 heterocycles. The molecule has 0 aliphatic carbocycles. The molecule has 2 rings (SSSR count). The average molecular weight is 265 g/mol. The van der Waals surface area contributed by atoms with Crippen LogP contribution >= 0.6 is 11.6 Å². The van der Waals surface area contributed by atoms with Crippen LogP contribution in [0, 0.1) is 11.8 Å². The molecule has 96 valence electrons. The van der Waals surface area contributed by atoms with Gasteiger partial charge < -0.3 is 9.47 Å². The summed E-state index contributed by atoms with van der Waals surface area (Å²) >= 11 is 6.23. The number of methoxy groups -OCH3 is 1. The second-order valence-corrected chi connectivity index (χ2v) is 4.67. The molecule has 1 aliphatic rings. The number of aryl methyl sites for hydroxylation is 1. The molecule has 0 unspecified atom stereocenters. The molecular formula is C15H17ClO2. The van der Waals surface area contributed by atoms with Crippen LogP contribution in [-0.4, -0.2) is 13.7 Å². The summed E-state index contributed by atoms with van der Waals surface area (Å²) in [5, 5.41) is 0.613. The van der Waals surface area contributed by atoms with Gasteiger partial charge >= 0.3 is 0 Å². The molecular weight excluding hydrogens is 248 g/mol. The van der Waals surface area contributed by atoms with Crippen molar-refractivity contribution in [2.45, 2.75) is 32.6 Å². The quantitative estimate of drug-likeness (QED) is 0.756. The smallest absolute Gasteiger partial charge is 0.156 e. The van der Waals surface area contributed by atoms with Gasteiger partial charge in [-0.25, -0.2) is 0 Å². The molecule has 1 aromatic carbocycles. The summed E-state index contributed by atoms with van der Waals surface area (Å²) in [6, 6.07) is 1.93. The summed E-state index contributed by atoms with van der Waals surface area (Å²) in [4.78, 5) is 0. The SMILES string of the molecule is CCCC#Cc1c(OC)c(Cl)cc2c1OCCC2. The Morgan fingerprint density at radius 1 is 1.50 bits per heavy atom. The third kappa shape index (κ3) is 2.57. The van der Waals surface area contributed by atoms with E-state index in [0.717, 1.165) is 49.2 Å². The predicted molar refractivity (Wildman–Crippen MR) is 73.6 cm³/mol. The Hall–Kier alpha value is -1.33. The van der Waals surface area contributed by atoms with Gasteiger partial charge in [0.2, 0.25) is 0 Å². The van der Waals surface area contributed by atoms with Gasteiger partial charge in [-0.3, -0.25) is 0 Å². The third-order valence-electron chi connectivity index (χ3n) is 2.89. The number of hydrogen-bond donors (Lipinski definition) is 0. The highest BCUT2D eigenvalue weighted by molar-refractivity contribution is 6.32. The summed E-state index contributed by atoms with van der Waals surface area (Å²) in [5.74, 6) is 7.76. The lowest BCUT2D eigenvalue weighted by Crippen LogP contribution is -2.10. The fourth-order valence-electron chi connectivity index (χ4n) is 2.04. The Morgan fingerprint density at radius 2 is 2.33 bits per heavy atom. The van der Waals surface area contributed by atoms with Gasteiger partial charge in [0.15, 0.2) is 5.75 Å². The molecule has 0 radical (unpaired) electrons. The number of unbranched alkanes of at least 4 members (excludes halogenated alkanes) is 1. The van der Waals surface area contributed by atoms with Crippen molar-refractivity contribution < 1.29 is 9.47 Å². The number of fused-ring (bicyclic) bond motifs is 1. The number of benzene rings is 1. The molecule has 3 heteroatoms. The number of rotatable bonds is 2. The summed E-state index contributed by atoms with van der Waals surface area (Å²) in [6.07, 6.45) is 3.92. The van der Waals surface area contributed by atoms with Gasteiger partial charge in [0, 0.05) is 6.42 Å². The first-order valence-electron chi connectivity index (χ1n) is 6.29. The number of halogens is 1. The largest absolute Gasteiger partial charge is 0.494 e. The van der Waals surface area contributed by atoms with E-state index in [1.54, 1.807) is 7.11 Å². The highest BCUT2D eigenvalue weighted by atomic mass is 35.5. The predicted octanol–water partition coefficient (Wildman–Crippen LogP) is 3.83. The van der Waals surface area contributed by atoms with Crippen LogP contribution < -0.4 is 9.47 Å².